The monoisotopic (exact) mass is 370 g/mol. The number of hydrogen-bond acceptors (Lipinski definition) is 3. The molecule has 112 valence electrons. The highest BCUT2D eigenvalue weighted by atomic mass is 79.9. The summed E-state index contributed by atoms with van der Waals surface area (Å²) in [5, 5.41) is 4.88. The molecule has 0 aliphatic rings. The van der Waals surface area contributed by atoms with E-state index in [9.17, 15) is 4.79 Å². The third-order valence-electron chi connectivity index (χ3n) is 3.24. The lowest BCUT2D eigenvalue weighted by molar-refractivity contribution is 0.0987. The van der Waals surface area contributed by atoms with Crippen LogP contribution in [-0.4, -0.2) is 22.7 Å². The zero-order chi connectivity index (χ0) is 15.6. The Morgan fingerprint density at radius 1 is 1.48 bits per heavy atom. The second kappa shape index (κ2) is 6.62. The quantitative estimate of drug-likeness (QED) is 0.744. The van der Waals surface area contributed by atoms with E-state index < -0.39 is 0 Å². The average Bonchev–Trinajstić information content (AvgIpc) is 2.74. The van der Waals surface area contributed by atoms with Crippen molar-refractivity contribution in [3.05, 3.63) is 44.6 Å². The van der Waals surface area contributed by atoms with E-state index in [2.05, 4.69) is 21.0 Å². The van der Waals surface area contributed by atoms with Crippen molar-refractivity contribution in [2.45, 2.75) is 26.8 Å². The number of Topliss-reactive ketones (excluding diaryl/α,β-unsaturated/α-hetero) is 1. The van der Waals surface area contributed by atoms with Gasteiger partial charge in [-0.3, -0.25) is 9.48 Å². The first-order valence-electron chi connectivity index (χ1n) is 6.56. The Morgan fingerprint density at radius 3 is 2.81 bits per heavy atom. The molecule has 0 unspecified atom stereocenters. The molecule has 1 heterocycles. The Bertz CT molecular complexity index is 683. The fourth-order valence-electron chi connectivity index (χ4n) is 2.18. The van der Waals surface area contributed by atoms with Gasteiger partial charge >= 0.3 is 0 Å². The smallest absolute Gasteiger partial charge is 0.172 e. The summed E-state index contributed by atoms with van der Waals surface area (Å²) >= 11 is 9.61. The number of nitrogens with zero attached hydrogens (tertiary/aromatic N) is 2. The molecule has 0 amide bonds. The van der Waals surface area contributed by atoms with E-state index in [1.165, 1.54) is 0 Å². The Labute approximate surface area is 137 Å². The predicted molar refractivity (Wildman–Crippen MR) is 86.4 cm³/mol. The van der Waals surface area contributed by atoms with E-state index >= 15 is 0 Å². The van der Waals surface area contributed by atoms with Crippen LogP contribution in [0, 0.1) is 6.92 Å². The Morgan fingerprint density at radius 2 is 2.19 bits per heavy atom. The van der Waals surface area contributed by atoms with Crippen molar-refractivity contribution in [3.63, 3.8) is 0 Å². The van der Waals surface area contributed by atoms with E-state index in [0.717, 1.165) is 15.9 Å². The van der Waals surface area contributed by atoms with Gasteiger partial charge in [0.15, 0.2) is 5.78 Å². The number of ketones is 1. The second-order valence-corrected chi connectivity index (χ2v) is 5.90. The molecule has 2 aromatic rings. The van der Waals surface area contributed by atoms with E-state index in [1.54, 1.807) is 23.9 Å². The molecular formula is C15H16BrClN2O2. The number of halogens is 2. The van der Waals surface area contributed by atoms with Gasteiger partial charge in [0.05, 0.1) is 35.5 Å². The highest BCUT2D eigenvalue weighted by Crippen LogP contribution is 2.27. The van der Waals surface area contributed by atoms with Gasteiger partial charge in [-0.25, -0.2) is 0 Å². The Balaban J connectivity index is 2.35. The zero-order valence-corrected chi connectivity index (χ0v) is 14.5. The van der Waals surface area contributed by atoms with Gasteiger partial charge in [0, 0.05) is 11.0 Å². The number of ether oxygens (including phenoxy) is 1. The molecule has 0 saturated heterocycles. The molecule has 0 atom stereocenters. The Kier molecular flexibility index (Phi) is 5.06. The Hall–Kier alpha value is -1.33. The van der Waals surface area contributed by atoms with Gasteiger partial charge in [0.1, 0.15) is 5.75 Å². The molecular weight excluding hydrogens is 356 g/mol. The van der Waals surface area contributed by atoms with Crippen LogP contribution in [0.5, 0.6) is 5.75 Å². The molecule has 4 nitrogen and oxygen atoms in total. The summed E-state index contributed by atoms with van der Waals surface area (Å²) in [4.78, 5) is 12.5. The topological polar surface area (TPSA) is 44.1 Å². The molecule has 21 heavy (non-hydrogen) atoms. The van der Waals surface area contributed by atoms with Gasteiger partial charge in [-0.05, 0) is 32.0 Å². The number of benzene rings is 1. The van der Waals surface area contributed by atoms with Gasteiger partial charge in [0.2, 0.25) is 0 Å². The predicted octanol–water partition coefficient (Wildman–Crippen LogP) is 4.06. The summed E-state index contributed by atoms with van der Waals surface area (Å²) in [6.07, 6.45) is 0.200. The number of carbonyl (C=O) groups excluding carboxylic acids is 1. The summed E-state index contributed by atoms with van der Waals surface area (Å²) < 4.78 is 7.90. The number of aromatic nitrogens is 2. The van der Waals surface area contributed by atoms with E-state index in [0.29, 0.717) is 22.9 Å². The standard InChI is InChI=1S/C15H16BrClN2O2/c1-4-19-12(15(17)9(2)18-19)8-13(20)11-6-5-10(16)7-14(11)21-3/h5-7H,4,8H2,1-3H3. The van der Waals surface area contributed by atoms with E-state index in [4.69, 9.17) is 16.3 Å². The second-order valence-electron chi connectivity index (χ2n) is 4.61. The minimum atomic E-state index is -0.0455. The minimum absolute atomic E-state index is 0.0455. The minimum Gasteiger partial charge on any atom is -0.496 e. The normalized spacial score (nSPS) is 10.7. The van der Waals surface area contributed by atoms with Crippen LogP contribution >= 0.6 is 27.5 Å². The lowest BCUT2D eigenvalue weighted by atomic mass is 10.1. The third-order valence-corrected chi connectivity index (χ3v) is 4.23. The van der Waals surface area contributed by atoms with Crippen molar-refractivity contribution in [3.8, 4) is 5.75 Å². The van der Waals surface area contributed by atoms with Crippen LogP contribution in [0.15, 0.2) is 22.7 Å². The van der Waals surface area contributed by atoms with Crippen LogP contribution in [0.1, 0.15) is 28.7 Å². The maximum atomic E-state index is 12.5. The van der Waals surface area contributed by atoms with Crippen LogP contribution in [0.3, 0.4) is 0 Å². The number of rotatable bonds is 5. The van der Waals surface area contributed by atoms with Crippen LogP contribution in [0.25, 0.3) is 0 Å². The third kappa shape index (κ3) is 3.30. The van der Waals surface area contributed by atoms with Gasteiger partial charge in [-0.1, -0.05) is 27.5 Å². The van der Waals surface area contributed by atoms with Crippen LogP contribution in [-0.2, 0) is 13.0 Å². The van der Waals surface area contributed by atoms with Crippen molar-refractivity contribution in [2.75, 3.05) is 7.11 Å². The van der Waals surface area contributed by atoms with Crippen molar-refractivity contribution in [1.82, 2.24) is 9.78 Å². The van der Waals surface area contributed by atoms with Crippen molar-refractivity contribution < 1.29 is 9.53 Å². The van der Waals surface area contributed by atoms with Crippen LogP contribution in [0.2, 0.25) is 5.02 Å². The van der Waals surface area contributed by atoms with Gasteiger partial charge in [-0.2, -0.15) is 5.10 Å². The summed E-state index contributed by atoms with van der Waals surface area (Å²) in [6.45, 7) is 4.48. The van der Waals surface area contributed by atoms with Crippen molar-refractivity contribution in [1.29, 1.82) is 0 Å². The fraction of sp³-hybridized carbons (Fsp3) is 0.333. The van der Waals surface area contributed by atoms with Gasteiger partial charge in [0.25, 0.3) is 0 Å². The fourth-order valence-corrected chi connectivity index (χ4v) is 2.72. The molecule has 0 aliphatic heterocycles. The van der Waals surface area contributed by atoms with E-state index in [1.807, 2.05) is 19.9 Å². The summed E-state index contributed by atoms with van der Waals surface area (Å²) in [5.74, 6) is 0.501. The molecule has 0 spiro atoms. The maximum absolute atomic E-state index is 12.5. The van der Waals surface area contributed by atoms with Crippen molar-refractivity contribution >= 4 is 33.3 Å². The van der Waals surface area contributed by atoms with Crippen LogP contribution in [0.4, 0.5) is 0 Å². The SMILES string of the molecule is CCn1nc(C)c(Cl)c1CC(=O)c1ccc(Br)cc1OC. The number of aryl methyl sites for hydroxylation is 2. The maximum Gasteiger partial charge on any atom is 0.172 e. The van der Waals surface area contributed by atoms with Gasteiger partial charge in [-0.15, -0.1) is 0 Å². The zero-order valence-electron chi connectivity index (χ0n) is 12.1. The molecule has 1 aromatic carbocycles. The lowest BCUT2D eigenvalue weighted by Crippen LogP contribution is -2.11. The van der Waals surface area contributed by atoms with E-state index in [-0.39, 0.29) is 12.2 Å². The van der Waals surface area contributed by atoms with Crippen LogP contribution < -0.4 is 4.74 Å². The first kappa shape index (κ1) is 16.0. The highest BCUT2D eigenvalue weighted by Gasteiger charge is 2.19. The average molecular weight is 372 g/mol. The summed E-state index contributed by atoms with van der Waals surface area (Å²) in [5.41, 5.74) is 2.02. The number of methoxy groups -OCH3 is 1. The largest absolute Gasteiger partial charge is 0.496 e. The molecule has 0 saturated carbocycles. The summed E-state index contributed by atoms with van der Waals surface area (Å²) in [7, 11) is 1.55. The molecule has 0 aliphatic carbocycles. The molecule has 0 bridgehead atoms. The van der Waals surface area contributed by atoms with Crippen molar-refractivity contribution in [2.24, 2.45) is 0 Å². The summed E-state index contributed by atoms with van der Waals surface area (Å²) in [6, 6.07) is 5.34. The molecule has 0 radical (unpaired) electrons. The molecule has 0 fully saturated rings. The molecule has 2 rings (SSSR count). The highest BCUT2D eigenvalue weighted by molar-refractivity contribution is 9.10. The number of carbonyl (C=O) groups is 1. The molecule has 0 N–H and O–H groups in total. The number of hydrogen-bond donors (Lipinski definition) is 0. The van der Waals surface area contributed by atoms with Gasteiger partial charge < -0.3 is 4.74 Å². The lowest BCUT2D eigenvalue weighted by Gasteiger charge is -2.09. The first-order chi connectivity index (χ1) is 9.97. The first-order valence-corrected chi connectivity index (χ1v) is 7.73. The molecule has 6 heteroatoms. The molecule has 1 aromatic heterocycles.